The predicted molar refractivity (Wildman–Crippen MR) is 127 cm³/mol. The van der Waals surface area contributed by atoms with Gasteiger partial charge < -0.3 is 10.1 Å². The third-order valence-corrected chi connectivity index (χ3v) is 7.68. The van der Waals surface area contributed by atoms with Crippen LogP contribution >= 0.6 is 0 Å². The minimum atomic E-state index is -3.72. The highest BCUT2D eigenvalue weighted by Gasteiger charge is 2.30. The van der Waals surface area contributed by atoms with Gasteiger partial charge in [-0.2, -0.15) is 4.31 Å². The van der Waals surface area contributed by atoms with Gasteiger partial charge in [0.25, 0.3) is 5.91 Å². The smallest absolute Gasteiger partial charge is 0.265 e. The van der Waals surface area contributed by atoms with Gasteiger partial charge in [-0.1, -0.05) is 44.2 Å². The topological polar surface area (TPSA) is 96.0 Å². The molecule has 0 bridgehead atoms. The number of aryl methyl sites for hydroxylation is 1. The first-order valence-electron chi connectivity index (χ1n) is 11.2. The van der Waals surface area contributed by atoms with Gasteiger partial charge in [0.15, 0.2) is 6.61 Å². The second-order valence-electron chi connectivity index (χ2n) is 7.98. The van der Waals surface area contributed by atoms with E-state index < -0.39 is 15.9 Å². The van der Waals surface area contributed by atoms with Crippen LogP contribution in [0, 0.1) is 0 Å². The Labute approximate surface area is 195 Å². The lowest BCUT2D eigenvalue weighted by Gasteiger charge is -2.30. The molecule has 9 heteroatoms. The first-order valence-corrected chi connectivity index (χ1v) is 12.6. The molecule has 0 saturated heterocycles. The van der Waals surface area contributed by atoms with E-state index in [1.165, 1.54) is 33.0 Å². The molecule has 0 saturated carbocycles. The highest BCUT2D eigenvalue weighted by Crippen LogP contribution is 2.34. The fourth-order valence-electron chi connectivity index (χ4n) is 3.79. The second kappa shape index (κ2) is 10.8. The van der Waals surface area contributed by atoms with Crippen molar-refractivity contribution >= 4 is 27.5 Å². The Morgan fingerprint density at radius 3 is 2.52 bits per heavy atom. The largest absolute Gasteiger partial charge is 0.482 e. The summed E-state index contributed by atoms with van der Waals surface area (Å²) in [6.45, 7) is 5.70. The number of hydrogen-bond acceptors (Lipinski definition) is 5. The van der Waals surface area contributed by atoms with Crippen LogP contribution in [0.2, 0.25) is 0 Å². The highest BCUT2D eigenvalue weighted by atomic mass is 32.2. The molecule has 2 aromatic rings. The molecule has 1 atom stereocenters. The van der Waals surface area contributed by atoms with E-state index in [2.05, 4.69) is 5.32 Å². The van der Waals surface area contributed by atoms with E-state index >= 15 is 0 Å². The van der Waals surface area contributed by atoms with Crippen molar-refractivity contribution in [3.8, 4) is 5.75 Å². The van der Waals surface area contributed by atoms with Crippen molar-refractivity contribution in [3.63, 3.8) is 0 Å². The van der Waals surface area contributed by atoms with Crippen molar-refractivity contribution in [2.45, 2.75) is 44.6 Å². The lowest BCUT2D eigenvalue weighted by Crippen LogP contribution is -2.47. The molecule has 0 spiro atoms. The molecule has 8 nitrogen and oxygen atoms in total. The van der Waals surface area contributed by atoms with Crippen molar-refractivity contribution in [1.29, 1.82) is 0 Å². The Kier molecular flexibility index (Phi) is 8.10. The van der Waals surface area contributed by atoms with E-state index in [0.29, 0.717) is 18.8 Å². The van der Waals surface area contributed by atoms with E-state index in [0.717, 1.165) is 12.8 Å². The standard InChI is InChI=1S/C24H31N3O5S/c1-4-26(5-2)33(30,31)20-13-14-22-21(15-20)27(24(29)17-32-22)16-23(28)25-18(3)11-12-19-9-7-6-8-10-19/h6-10,13-15,18H,4-5,11-12,16-17H2,1-3H3,(H,25,28)/t18-/m1/s1. The molecule has 0 fully saturated rings. The Hall–Kier alpha value is -2.91. The number of anilines is 1. The molecular weight excluding hydrogens is 442 g/mol. The number of hydrogen-bond donors (Lipinski definition) is 1. The van der Waals surface area contributed by atoms with Crippen LogP contribution < -0.4 is 15.0 Å². The van der Waals surface area contributed by atoms with Gasteiger partial charge in [-0.25, -0.2) is 8.42 Å². The van der Waals surface area contributed by atoms with Crippen molar-refractivity contribution in [2.75, 3.05) is 31.1 Å². The van der Waals surface area contributed by atoms with Crippen molar-refractivity contribution in [3.05, 3.63) is 54.1 Å². The maximum atomic E-state index is 12.9. The zero-order valence-electron chi connectivity index (χ0n) is 19.3. The van der Waals surface area contributed by atoms with Crippen LogP contribution in [0.3, 0.4) is 0 Å². The van der Waals surface area contributed by atoms with Crippen LogP contribution in [0.5, 0.6) is 5.75 Å². The number of nitrogens with one attached hydrogen (secondary N) is 1. The number of amides is 2. The van der Waals surface area contributed by atoms with E-state index in [4.69, 9.17) is 4.74 Å². The molecule has 178 valence electrons. The van der Waals surface area contributed by atoms with E-state index in [9.17, 15) is 18.0 Å². The first-order chi connectivity index (χ1) is 15.8. The van der Waals surface area contributed by atoms with Gasteiger partial charge in [0.2, 0.25) is 15.9 Å². The summed E-state index contributed by atoms with van der Waals surface area (Å²) in [4.78, 5) is 26.6. The lowest BCUT2D eigenvalue weighted by atomic mass is 10.1. The fourth-order valence-corrected chi connectivity index (χ4v) is 5.27. The molecule has 0 unspecified atom stereocenters. The number of nitrogens with zero attached hydrogens (tertiary/aromatic N) is 2. The molecule has 2 aromatic carbocycles. The molecular formula is C24H31N3O5S. The zero-order chi connectivity index (χ0) is 24.0. The second-order valence-corrected chi connectivity index (χ2v) is 9.92. The third-order valence-electron chi connectivity index (χ3n) is 5.63. The van der Waals surface area contributed by atoms with Crippen LogP contribution in [0.25, 0.3) is 0 Å². The van der Waals surface area contributed by atoms with Gasteiger partial charge in [-0.3, -0.25) is 14.5 Å². The molecule has 1 aliphatic heterocycles. The number of benzene rings is 2. The van der Waals surface area contributed by atoms with Crippen molar-refractivity contribution < 1.29 is 22.7 Å². The van der Waals surface area contributed by atoms with Gasteiger partial charge in [0, 0.05) is 19.1 Å². The summed E-state index contributed by atoms with van der Waals surface area (Å²) in [5, 5.41) is 2.93. The Balaban J connectivity index is 1.72. The monoisotopic (exact) mass is 473 g/mol. The molecule has 1 heterocycles. The third kappa shape index (κ3) is 5.91. The molecule has 3 rings (SSSR count). The Morgan fingerprint density at radius 1 is 1.15 bits per heavy atom. The summed E-state index contributed by atoms with van der Waals surface area (Å²) < 4.78 is 32.7. The van der Waals surface area contributed by atoms with E-state index in [1.54, 1.807) is 13.8 Å². The highest BCUT2D eigenvalue weighted by molar-refractivity contribution is 7.89. The van der Waals surface area contributed by atoms with E-state index in [1.807, 2.05) is 37.3 Å². The van der Waals surface area contributed by atoms with Crippen LogP contribution in [-0.2, 0) is 26.0 Å². The molecule has 2 amide bonds. The van der Waals surface area contributed by atoms with Gasteiger partial charge in [-0.15, -0.1) is 0 Å². The van der Waals surface area contributed by atoms with Crippen molar-refractivity contribution in [1.82, 2.24) is 9.62 Å². The minimum Gasteiger partial charge on any atom is -0.482 e. The Bertz CT molecular complexity index is 1080. The van der Waals surface area contributed by atoms with Gasteiger partial charge in [0.05, 0.1) is 10.6 Å². The number of fused-ring (bicyclic) bond motifs is 1. The van der Waals surface area contributed by atoms with Gasteiger partial charge >= 0.3 is 0 Å². The number of carbonyl (C=O) groups excluding carboxylic acids is 2. The molecule has 0 radical (unpaired) electrons. The maximum Gasteiger partial charge on any atom is 0.265 e. The SMILES string of the molecule is CCN(CC)S(=O)(=O)c1ccc2c(c1)N(CC(=O)N[C@H](C)CCc1ccccc1)C(=O)CO2. The van der Waals surface area contributed by atoms with Gasteiger partial charge in [-0.05, 0) is 43.5 Å². The number of ether oxygens (including phenoxy) is 1. The zero-order valence-corrected chi connectivity index (χ0v) is 20.1. The predicted octanol–water partition coefficient (Wildman–Crippen LogP) is 2.58. The van der Waals surface area contributed by atoms with Crippen LogP contribution in [0.1, 0.15) is 32.8 Å². The fraction of sp³-hybridized carbons (Fsp3) is 0.417. The summed E-state index contributed by atoms with van der Waals surface area (Å²) in [5.41, 5.74) is 1.48. The average molecular weight is 474 g/mol. The molecule has 33 heavy (non-hydrogen) atoms. The van der Waals surface area contributed by atoms with Crippen LogP contribution in [-0.4, -0.2) is 56.8 Å². The summed E-state index contributed by atoms with van der Waals surface area (Å²) >= 11 is 0. The summed E-state index contributed by atoms with van der Waals surface area (Å²) in [5.74, 6) is -0.334. The quantitative estimate of drug-likeness (QED) is 0.572. The summed E-state index contributed by atoms with van der Waals surface area (Å²) in [6.07, 6.45) is 1.59. The molecule has 1 aliphatic rings. The minimum absolute atomic E-state index is 0.0601. The Morgan fingerprint density at radius 2 is 1.85 bits per heavy atom. The first kappa shape index (κ1) is 24.7. The number of rotatable bonds is 10. The van der Waals surface area contributed by atoms with E-state index in [-0.39, 0.29) is 35.7 Å². The van der Waals surface area contributed by atoms with Crippen LogP contribution in [0.4, 0.5) is 5.69 Å². The van der Waals surface area contributed by atoms with Gasteiger partial charge in [0.1, 0.15) is 12.3 Å². The number of sulfonamides is 1. The normalized spacial score (nSPS) is 14.5. The summed E-state index contributed by atoms with van der Waals surface area (Å²) in [6, 6.07) is 14.3. The van der Waals surface area contributed by atoms with Crippen LogP contribution in [0.15, 0.2) is 53.4 Å². The molecule has 0 aromatic heterocycles. The lowest BCUT2D eigenvalue weighted by molar-refractivity contribution is -0.125. The molecule has 1 N–H and O–H groups in total. The number of carbonyl (C=O) groups is 2. The maximum absolute atomic E-state index is 12.9. The molecule has 0 aliphatic carbocycles. The van der Waals surface area contributed by atoms with Crippen molar-refractivity contribution in [2.24, 2.45) is 0 Å². The average Bonchev–Trinajstić information content (AvgIpc) is 2.80. The summed E-state index contributed by atoms with van der Waals surface area (Å²) in [7, 11) is -3.72.